The molecule has 1 saturated heterocycles. The molecule has 150 valence electrons. The summed E-state index contributed by atoms with van der Waals surface area (Å²) in [7, 11) is 0. The highest BCUT2D eigenvalue weighted by molar-refractivity contribution is 7.99. The lowest BCUT2D eigenvalue weighted by Gasteiger charge is -2.30. The number of nitrogens with zero attached hydrogens (tertiary/aromatic N) is 4. The average Bonchev–Trinajstić information content (AvgIpc) is 3.27. The van der Waals surface area contributed by atoms with Crippen LogP contribution < -0.4 is 9.88 Å². The largest absolute Gasteiger partial charge is 0.334 e. The molecule has 0 aliphatic carbocycles. The number of hydrogen-bond donors (Lipinski definition) is 1. The highest BCUT2D eigenvalue weighted by Gasteiger charge is 2.26. The van der Waals surface area contributed by atoms with Crippen LogP contribution in [0.15, 0.2) is 53.8 Å². The number of aromatic amines is 2. The molecule has 0 unspecified atom stereocenters. The van der Waals surface area contributed by atoms with E-state index in [2.05, 4.69) is 50.2 Å². The number of thioether (sulfide) groups is 1. The van der Waals surface area contributed by atoms with E-state index in [1.807, 2.05) is 35.4 Å². The van der Waals surface area contributed by atoms with Crippen molar-refractivity contribution in [2.75, 3.05) is 36.8 Å². The molecule has 1 aliphatic heterocycles. The van der Waals surface area contributed by atoms with E-state index in [9.17, 15) is 4.79 Å². The van der Waals surface area contributed by atoms with Gasteiger partial charge in [-0.05, 0) is 18.1 Å². The van der Waals surface area contributed by atoms with Gasteiger partial charge in [0.2, 0.25) is 11.1 Å². The lowest BCUT2D eigenvalue weighted by molar-refractivity contribution is -0.364. The van der Waals surface area contributed by atoms with Gasteiger partial charge in [0.1, 0.15) is 13.1 Å². The van der Waals surface area contributed by atoms with Gasteiger partial charge in [-0.2, -0.15) is 0 Å². The zero-order valence-electron chi connectivity index (χ0n) is 16.5. The number of pyridine rings is 1. The number of rotatable bonds is 6. The summed E-state index contributed by atoms with van der Waals surface area (Å²) in [6.07, 6.45) is 2.94. The number of carbonyl (C=O) groups is 1. The van der Waals surface area contributed by atoms with Crippen LogP contribution in [0.25, 0.3) is 11.4 Å². The number of aromatic nitrogens is 4. The molecule has 1 amide bonds. The normalized spacial score (nSPS) is 14.2. The van der Waals surface area contributed by atoms with Crippen molar-refractivity contribution in [1.29, 1.82) is 0 Å². The first-order valence-corrected chi connectivity index (χ1v) is 10.9. The van der Waals surface area contributed by atoms with E-state index in [4.69, 9.17) is 0 Å². The van der Waals surface area contributed by atoms with Crippen molar-refractivity contribution in [2.24, 2.45) is 0 Å². The first-order chi connectivity index (χ1) is 14.2. The Hall–Kier alpha value is -2.87. The quantitative estimate of drug-likeness (QED) is 0.632. The third kappa shape index (κ3) is 4.76. The Kier molecular flexibility index (Phi) is 6.09. The minimum atomic E-state index is 0.130. The molecule has 29 heavy (non-hydrogen) atoms. The van der Waals surface area contributed by atoms with Crippen LogP contribution in [0.4, 0.5) is 5.82 Å². The number of anilines is 1. The summed E-state index contributed by atoms with van der Waals surface area (Å²) in [5, 5.41) is 7.82. The first kappa shape index (κ1) is 19.4. The summed E-state index contributed by atoms with van der Waals surface area (Å²) in [6, 6.07) is 14.3. The van der Waals surface area contributed by atoms with Crippen molar-refractivity contribution in [3.05, 3.63) is 54.2 Å². The molecule has 0 spiro atoms. The van der Waals surface area contributed by atoms with Crippen molar-refractivity contribution in [2.45, 2.75) is 18.5 Å². The summed E-state index contributed by atoms with van der Waals surface area (Å²) in [4.78, 5) is 24.5. The summed E-state index contributed by atoms with van der Waals surface area (Å²) < 4.78 is 0. The second-order valence-electron chi connectivity index (χ2n) is 6.92. The predicted molar refractivity (Wildman–Crippen MR) is 114 cm³/mol. The molecule has 0 radical (unpaired) electrons. The Bertz CT molecular complexity index is 935. The van der Waals surface area contributed by atoms with Gasteiger partial charge in [-0.1, -0.05) is 49.0 Å². The Morgan fingerprint density at radius 1 is 1.14 bits per heavy atom. The fourth-order valence-corrected chi connectivity index (χ4v) is 4.03. The number of carbonyl (C=O) groups excluding carboxylic acids is 1. The van der Waals surface area contributed by atoms with Crippen LogP contribution in [0.2, 0.25) is 0 Å². The monoisotopic (exact) mass is 409 g/mol. The van der Waals surface area contributed by atoms with Crippen LogP contribution in [-0.2, 0) is 11.2 Å². The molecule has 1 aromatic carbocycles. The molecule has 1 fully saturated rings. The number of benzene rings is 1. The van der Waals surface area contributed by atoms with Gasteiger partial charge in [-0.25, -0.2) is 9.97 Å². The Morgan fingerprint density at radius 3 is 2.62 bits per heavy atom. The maximum atomic E-state index is 12.6. The highest BCUT2D eigenvalue weighted by Crippen LogP contribution is 2.20. The maximum absolute atomic E-state index is 12.6. The second kappa shape index (κ2) is 9.09. The lowest BCUT2D eigenvalue weighted by Crippen LogP contribution is -2.50. The van der Waals surface area contributed by atoms with Crippen LogP contribution >= 0.6 is 11.8 Å². The maximum Gasteiger partial charge on any atom is 0.274 e. The zero-order chi connectivity index (χ0) is 20.1. The van der Waals surface area contributed by atoms with Crippen LogP contribution in [0.3, 0.4) is 0 Å². The molecular formula is C21H25N6OS+. The predicted octanol–water partition coefficient (Wildman–Crippen LogP) is 2.29. The number of piperazine rings is 1. The lowest BCUT2D eigenvalue weighted by atomic mass is 10.1. The van der Waals surface area contributed by atoms with E-state index in [1.165, 1.54) is 17.3 Å². The Morgan fingerprint density at radius 2 is 1.93 bits per heavy atom. The molecule has 1 aliphatic rings. The third-order valence-electron chi connectivity index (χ3n) is 5.09. The van der Waals surface area contributed by atoms with Gasteiger partial charge in [-0.15, -0.1) is 5.10 Å². The molecule has 2 aromatic heterocycles. The van der Waals surface area contributed by atoms with Gasteiger partial charge in [0, 0.05) is 11.6 Å². The van der Waals surface area contributed by atoms with Crippen LogP contribution in [0, 0.1) is 0 Å². The molecule has 0 atom stereocenters. The van der Waals surface area contributed by atoms with Gasteiger partial charge < -0.3 is 4.90 Å². The zero-order valence-corrected chi connectivity index (χ0v) is 17.3. The van der Waals surface area contributed by atoms with Crippen molar-refractivity contribution in [3.63, 3.8) is 0 Å². The Labute approximate surface area is 174 Å². The smallest absolute Gasteiger partial charge is 0.274 e. The number of aryl methyl sites for hydroxylation is 1. The van der Waals surface area contributed by atoms with Crippen molar-refractivity contribution in [1.82, 2.24) is 20.1 Å². The SMILES string of the molecule is CCc1ccc(-c2nc(SCC(=O)N3CCN(c4cccc[nH+]4)CC3)n[nH]2)cc1. The van der Waals surface area contributed by atoms with E-state index in [0.29, 0.717) is 10.9 Å². The fourth-order valence-electron chi connectivity index (χ4n) is 3.33. The summed E-state index contributed by atoms with van der Waals surface area (Å²) in [6.45, 7) is 5.25. The van der Waals surface area contributed by atoms with E-state index >= 15 is 0 Å². The van der Waals surface area contributed by atoms with Gasteiger partial charge in [0.25, 0.3) is 5.82 Å². The van der Waals surface area contributed by atoms with Gasteiger partial charge in [0.15, 0.2) is 5.82 Å². The van der Waals surface area contributed by atoms with Gasteiger partial charge in [0.05, 0.1) is 25.0 Å². The summed E-state index contributed by atoms with van der Waals surface area (Å²) >= 11 is 1.38. The standard InChI is InChI=1S/C21H24N6OS/c1-2-16-6-8-17(9-7-16)20-23-21(25-24-20)29-15-19(28)27-13-11-26(12-14-27)18-5-3-4-10-22-18/h3-10H,2,11-15H2,1H3,(H,23,24,25)/p+1. The van der Waals surface area contributed by atoms with E-state index in [1.54, 1.807) is 0 Å². The molecule has 0 saturated carbocycles. The van der Waals surface area contributed by atoms with Crippen molar-refractivity contribution < 1.29 is 9.78 Å². The molecule has 7 nitrogen and oxygen atoms in total. The molecule has 8 heteroatoms. The van der Waals surface area contributed by atoms with Crippen molar-refractivity contribution >= 4 is 23.5 Å². The number of hydrogen-bond acceptors (Lipinski definition) is 5. The molecule has 4 rings (SSSR count). The van der Waals surface area contributed by atoms with Crippen molar-refractivity contribution in [3.8, 4) is 11.4 Å². The average molecular weight is 410 g/mol. The minimum absolute atomic E-state index is 0.130. The molecule has 3 heterocycles. The highest BCUT2D eigenvalue weighted by atomic mass is 32.2. The minimum Gasteiger partial charge on any atom is -0.334 e. The topological polar surface area (TPSA) is 79.3 Å². The fraction of sp³-hybridized carbons (Fsp3) is 0.333. The molecular weight excluding hydrogens is 384 g/mol. The molecule has 0 bridgehead atoms. The van der Waals surface area contributed by atoms with Crippen LogP contribution in [0.1, 0.15) is 12.5 Å². The second-order valence-corrected chi connectivity index (χ2v) is 7.86. The van der Waals surface area contributed by atoms with E-state index in [-0.39, 0.29) is 5.91 Å². The molecule has 3 aromatic rings. The van der Waals surface area contributed by atoms with Gasteiger partial charge in [-0.3, -0.25) is 14.8 Å². The van der Waals surface area contributed by atoms with Crippen LogP contribution in [0.5, 0.6) is 0 Å². The number of nitrogens with one attached hydrogen (secondary N) is 2. The van der Waals surface area contributed by atoms with Crippen LogP contribution in [-0.4, -0.2) is 57.9 Å². The Balaban J connectivity index is 1.27. The third-order valence-corrected chi connectivity index (χ3v) is 5.92. The number of H-pyrrole nitrogens is 2. The van der Waals surface area contributed by atoms with E-state index in [0.717, 1.165) is 49.8 Å². The summed E-state index contributed by atoms with van der Waals surface area (Å²) in [5.74, 6) is 2.30. The molecule has 2 N–H and O–H groups in total. The summed E-state index contributed by atoms with van der Waals surface area (Å²) in [5.41, 5.74) is 2.29. The first-order valence-electron chi connectivity index (χ1n) is 9.87. The van der Waals surface area contributed by atoms with E-state index < -0.39 is 0 Å². The van der Waals surface area contributed by atoms with Gasteiger partial charge >= 0.3 is 0 Å². The number of amides is 1.